The zero-order chi connectivity index (χ0) is 14.6. The van der Waals surface area contributed by atoms with Crippen LogP contribution in [0.25, 0.3) is 0 Å². The summed E-state index contributed by atoms with van der Waals surface area (Å²) in [6.07, 6.45) is 0.362. The quantitative estimate of drug-likeness (QED) is 0.847. The van der Waals surface area contributed by atoms with Crippen LogP contribution in [0, 0.1) is 0 Å². The largest absolute Gasteiger partial charge is 0.495 e. The van der Waals surface area contributed by atoms with Crippen LogP contribution in [0.5, 0.6) is 5.75 Å². The Bertz CT molecular complexity index is 571. The summed E-state index contributed by atoms with van der Waals surface area (Å²) >= 11 is 0. The van der Waals surface area contributed by atoms with Crippen LogP contribution >= 0.6 is 10.7 Å². The third-order valence-electron chi connectivity index (χ3n) is 2.65. The zero-order valence-corrected chi connectivity index (χ0v) is 12.5. The van der Waals surface area contributed by atoms with Crippen molar-refractivity contribution >= 4 is 25.6 Å². The normalized spacial score (nSPS) is 12.8. The van der Waals surface area contributed by atoms with E-state index in [9.17, 15) is 13.2 Å². The van der Waals surface area contributed by atoms with Gasteiger partial charge in [0.2, 0.25) is 5.91 Å². The van der Waals surface area contributed by atoms with Crippen LogP contribution in [0.4, 0.5) is 0 Å². The smallest absolute Gasteiger partial charge is 0.264 e. The summed E-state index contributed by atoms with van der Waals surface area (Å²) < 4.78 is 27.9. The fourth-order valence-corrected chi connectivity index (χ4v) is 2.61. The zero-order valence-electron chi connectivity index (χ0n) is 10.9. The molecule has 0 bridgehead atoms. The highest BCUT2D eigenvalue weighted by Gasteiger charge is 2.19. The Morgan fingerprint density at radius 2 is 2.11 bits per heavy atom. The minimum atomic E-state index is -3.90. The van der Waals surface area contributed by atoms with Gasteiger partial charge in [0.25, 0.3) is 9.05 Å². The molecule has 0 radical (unpaired) electrons. The predicted octanol–water partition coefficient (Wildman–Crippen LogP) is 2.21. The molecule has 19 heavy (non-hydrogen) atoms. The molecule has 106 valence electrons. The fraction of sp³-hybridized carbons (Fsp3) is 0.417. The third-order valence-corrected chi connectivity index (χ3v) is 3.99. The number of carbonyl (C=O) groups is 1. The van der Waals surface area contributed by atoms with Gasteiger partial charge in [0.05, 0.1) is 13.2 Å². The summed E-state index contributed by atoms with van der Waals surface area (Å²) in [6, 6.07) is 4.29. The second kappa shape index (κ2) is 6.25. The van der Waals surface area contributed by atoms with E-state index in [0.29, 0.717) is 12.0 Å². The first-order valence-corrected chi connectivity index (χ1v) is 8.02. The first kappa shape index (κ1) is 15.8. The van der Waals surface area contributed by atoms with Crippen LogP contribution < -0.4 is 10.1 Å². The Balaban J connectivity index is 3.15. The van der Waals surface area contributed by atoms with Gasteiger partial charge in [-0.15, -0.1) is 0 Å². The lowest BCUT2D eigenvalue weighted by Crippen LogP contribution is -2.25. The average Bonchev–Trinajstić information content (AvgIpc) is 2.36. The van der Waals surface area contributed by atoms with Crippen LogP contribution in [0.15, 0.2) is 23.1 Å². The average molecular weight is 306 g/mol. The number of hydrogen-bond donors (Lipinski definition) is 1. The van der Waals surface area contributed by atoms with Gasteiger partial charge in [-0.25, -0.2) is 8.42 Å². The molecule has 7 heteroatoms. The van der Waals surface area contributed by atoms with Gasteiger partial charge in [-0.3, -0.25) is 4.79 Å². The Morgan fingerprint density at radius 1 is 1.47 bits per heavy atom. The molecule has 5 nitrogen and oxygen atoms in total. The predicted molar refractivity (Wildman–Crippen MR) is 72.9 cm³/mol. The van der Waals surface area contributed by atoms with Gasteiger partial charge in [-0.05, 0) is 24.6 Å². The Morgan fingerprint density at radius 3 is 2.58 bits per heavy atom. The molecule has 0 heterocycles. The molecule has 0 aromatic heterocycles. The molecule has 1 amide bonds. The first-order chi connectivity index (χ1) is 8.79. The van der Waals surface area contributed by atoms with Gasteiger partial charge >= 0.3 is 0 Å². The highest BCUT2D eigenvalue weighted by atomic mass is 35.7. The molecule has 1 atom stereocenters. The minimum Gasteiger partial charge on any atom is -0.495 e. The molecule has 0 aliphatic carbocycles. The van der Waals surface area contributed by atoms with E-state index in [1.807, 2.05) is 0 Å². The van der Waals surface area contributed by atoms with Gasteiger partial charge in [0.15, 0.2) is 0 Å². The lowest BCUT2D eigenvalue weighted by molar-refractivity contribution is -0.121. The minimum absolute atomic E-state index is 0.105. The van der Waals surface area contributed by atoms with Crippen LogP contribution in [-0.4, -0.2) is 21.4 Å². The van der Waals surface area contributed by atoms with Crippen LogP contribution in [-0.2, 0) is 13.8 Å². The second-order valence-electron chi connectivity index (χ2n) is 3.99. The van der Waals surface area contributed by atoms with E-state index in [0.717, 1.165) is 0 Å². The van der Waals surface area contributed by atoms with Crippen molar-refractivity contribution in [3.8, 4) is 5.75 Å². The van der Waals surface area contributed by atoms with Crippen molar-refractivity contribution in [3.63, 3.8) is 0 Å². The van der Waals surface area contributed by atoms with Crippen molar-refractivity contribution < 1.29 is 17.9 Å². The van der Waals surface area contributed by atoms with Crippen molar-refractivity contribution in [1.29, 1.82) is 0 Å². The van der Waals surface area contributed by atoms with E-state index < -0.39 is 9.05 Å². The van der Waals surface area contributed by atoms with Gasteiger partial charge in [-0.1, -0.05) is 13.0 Å². The standard InChI is InChI=1S/C12H16ClNO4S/c1-4-12(15)14-8(2)9-5-6-10(18-3)11(7-9)19(13,16)17/h5-8H,4H2,1-3H3,(H,14,15). The number of hydrogen-bond acceptors (Lipinski definition) is 4. The summed E-state index contributed by atoms with van der Waals surface area (Å²) in [5.74, 6) is 0.0615. The maximum absolute atomic E-state index is 11.5. The van der Waals surface area contributed by atoms with Crippen LogP contribution in [0.3, 0.4) is 0 Å². The van der Waals surface area contributed by atoms with Crippen LogP contribution in [0.1, 0.15) is 31.9 Å². The number of amides is 1. The topological polar surface area (TPSA) is 72.5 Å². The summed E-state index contributed by atoms with van der Waals surface area (Å²) in [5.41, 5.74) is 0.641. The number of benzene rings is 1. The number of nitrogens with one attached hydrogen (secondary N) is 1. The lowest BCUT2D eigenvalue weighted by atomic mass is 10.1. The first-order valence-electron chi connectivity index (χ1n) is 5.71. The number of carbonyl (C=O) groups excluding carboxylic acids is 1. The molecule has 1 rings (SSSR count). The molecule has 0 aliphatic heterocycles. The highest BCUT2D eigenvalue weighted by molar-refractivity contribution is 8.13. The molecule has 1 aromatic carbocycles. The summed E-state index contributed by atoms with van der Waals surface area (Å²) in [4.78, 5) is 11.2. The van der Waals surface area contributed by atoms with E-state index in [4.69, 9.17) is 15.4 Å². The Kier molecular flexibility index (Phi) is 5.20. The summed E-state index contributed by atoms with van der Waals surface area (Å²) in [6.45, 7) is 3.50. The van der Waals surface area contributed by atoms with Gasteiger partial charge in [0.1, 0.15) is 10.6 Å². The Labute approximate surface area is 117 Å². The van der Waals surface area contributed by atoms with Crippen molar-refractivity contribution in [2.75, 3.05) is 7.11 Å². The lowest BCUT2D eigenvalue weighted by Gasteiger charge is -2.15. The van der Waals surface area contributed by atoms with Crippen molar-refractivity contribution in [1.82, 2.24) is 5.32 Å². The van der Waals surface area contributed by atoms with Crippen molar-refractivity contribution in [2.24, 2.45) is 0 Å². The fourth-order valence-electron chi connectivity index (χ4n) is 1.58. The number of methoxy groups -OCH3 is 1. The molecule has 0 aliphatic rings. The maximum atomic E-state index is 11.5. The summed E-state index contributed by atoms with van der Waals surface area (Å²) in [7, 11) is 2.82. The van der Waals surface area contributed by atoms with Crippen molar-refractivity contribution in [2.45, 2.75) is 31.2 Å². The van der Waals surface area contributed by atoms with Gasteiger partial charge in [0, 0.05) is 17.1 Å². The molecule has 1 N–H and O–H groups in total. The molecule has 1 unspecified atom stereocenters. The number of rotatable bonds is 5. The van der Waals surface area contributed by atoms with E-state index in [-0.39, 0.29) is 22.6 Å². The monoisotopic (exact) mass is 305 g/mol. The maximum Gasteiger partial charge on any atom is 0.264 e. The van der Waals surface area contributed by atoms with E-state index in [1.54, 1.807) is 19.9 Å². The highest BCUT2D eigenvalue weighted by Crippen LogP contribution is 2.29. The summed E-state index contributed by atoms with van der Waals surface area (Å²) in [5, 5.41) is 2.74. The molecule has 1 aromatic rings. The van der Waals surface area contributed by atoms with E-state index >= 15 is 0 Å². The van der Waals surface area contributed by atoms with Crippen LogP contribution in [0.2, 0.25) is 0 Å². The molecule has 0 fully saturated rings. The molecule has 0 spiro atoms. The molecular formula is C12H16ClNO4S. The molecular weight excluding hydrogens is 290 g/mol. The Hall–Kier alpha value is -1.27. The van der Waals surface area contributed by atoms with E-state index in [2.05, 4.69) is 5.32 Å². The SMILES string of the molecule is CCC(=O)NC(C)c1ccc(OC)c(S(=O)(=O)Cl)c1. The van der Waals surface area contributed by atoms with Gasteiger partial charge < -0.3 is 10.1 Å². The van der Waals surface area contributed by atoms with Crippen molar-refractivity contribution in [3.05, 3.63) is 23.8 Å². The van der Waals surface area contributed by atoms with E-state index in [1.165, 1.54) is 19.2 Å². The van der Waals surface area contributed by atoms with Gasteiger partial charge in [-0.2, -0.15) is 0 Å². The number of halogens is 1. The molecule has 0 saturated heterocycles. The second-order valence-corrected chi connectivity index (χ2v) is 6.53. The number of ether oxygens (including phenoxy) is 1. The molecule has 0 saturated carbocycles. The third kappa shape index (κ3) is 4.11.